The Balaban J connectivity index is 1.53. The number of sulfonamides is 1. The molecule has 2 aromatic carbocycles. The first-order valence-corrected chi connectivity index (χ1v) is 12.2. The second kappa shape index (κ2) is 10.6. The standard InChI is InChI=1S/C23H29N3O5S/c1-17-9-10-19(16-21(17)32(30,31)26-13-3-2-4-14-26)23(29)25-12-6-11-24-22(28)18-7-5-8-20(27)15-18/h5,7-10,15-16,27H,2-4,6,11-14H2,1H3,(H,24,28)(H,25,29). The van der Waals surface area contributed by atoms with Gasteiger partial charge in [-0.15, -0.1) is 0 Å². The van der Waals surface area contributed by atoms with Crippen LogP contribution in [0.5, 0.6) is 5.75 Å². The van der Waals surface area contributed by atoms with E-state index in [9.17, 15) is 23.1 Å². The van der Waals surface area contributed by atoms with E-state index in [2.05, 4.69) is 10.6 Å². The van der Waals surface area contributed by atoms with Crippen LogP contribution in [0.1, 0.15) is 52.0 Å². The van der Waals surface area contributed by atoms with E-state index in [0.717, 1.165) is 19.3 Å². The van der Waals surface area contributed by atoms with Crippen molar-refractivity contribution in [1.82, 2.24) is 14.9 Å². The summed E-state index contributed by atoms with van der Waals surface area (Å²) in [5.41, 5.74) is 1.26. The third kappa shape index (κ3) is 5.86. The lowest BCUT2D eigenvalue weighted by molar-refractivity contribution is 0.0951. The molecule has 2 amide bonds. The van der Waals surface area contributed by atoms with E-state index < -0.39 is 10.0 Å². The number of rotatable bonds is 8. The monoisotopic (exact) mass is 459 g/mol. The molecule has 1 heterocycles. The predicted octanol–water partition coefficient (Wildman–Crippen LogP) is 2.43. The number of amides is 2. The van der Waals surface area contributed by atoms with Crippen molar-refractivity contribution in [2.75, 3.05) is 26.2 Å². The maximum Gasteiger partial charge on any atom is 0.251 e. The summed E-state index contributed by atoms with van der Waals surface area (Å²) in [6.07, 6.45) is 3.23. The van der Waals surface area contributed by atoms with Crippen molar-refractivity contribution in [1.29, 1.82) is 0 Å². The number of phenols is 1. The van der Waals surface area contributed by atoms with Crippen molar-refractivity contribution in [3.8, 4) is 5.75 Å². The Hall–Kier alpha value is -2.91. The van der Waals surface area contributed by atoms with Gasteiger partial charge in [-0.2, -0.15) is 4.31 Å². The minimum Gasteiger partial charge on any atom is -0.508 e. The minimum absolute atomic E-state index is 0.0182. The highest BCUT2D eigenvalue weighted by Crippen LogP contribution is 2.24. The van der Waals surface area contributed by atoms with Crippen LogP contribution in [-0.2, 0) is 10.0 Å². The fourth-order valence-electron chi connectivity index (χ4n) is 3.61. The molecule has 1 aliphatic rings. The summed E-state index contributed by atoms with van der Waals surface area (Å²) in [7, 11) is -3.63. The number of carbonyl (C=O) groups excluding carboxylic acids is 2. The van der Waals surface area contributed by atoms with Gasteiger partial charge < -0.3 is 15.7 Å². The van der Waals surface area contributed by atoms with Crippen molar-refractivity contribution in [3.05, 3.63) is 59.2 Å². The predicted molar refractivity (Wildman–Crippen MR) is 121 cm³/mol. The van der Waals surface area contributed by atoms with Crippen LogP contribution in [0, 0.1) is 6.92 Å². The van der Waals surface area contributed by atoms with Crippen LogP contribution in [0.4, 0.5) is 0 Å². The molecule has 1 aliphatic heterocycles. The van der Waals surface area contributed by atoms with Crippen LogP contribution >= 0.6 is 0 Å². The van der Waals surface area contributed by atoms with Crippen LogP contribution in [0.2, 0.25) is 0 Å². The molecule has 8 nitrogen and oxygen atoms in total. The summed E-state index contributed by atoms with van der Waals surface area (Å²) in [6, 6.07) is 10.8. The number of nitrogens with zero attached hydrogens (tertiary/aromatic N) is 1. The second-order valence-corrected chi connectivity index (χ2v) is 9.77. The SMILES string of the molecule is Cc1ccc(C(=O)NCCCNC(=O)c2cccc(O)c2)cc1S(=O)(=O)N1CCCCC1. The van der Waals surface area contributed by atoms with Gasteiger partial charge in [0.2, 0.25) is 10.0 Å². The van der Waals surface area contributed by atoms with E-state index in [-0.39, 0.29) is 28.0 Å². The molecule has 9 heteroatoms. The Morgan fingerprint density at radius 3 is 2.19 bits per heavy atom. The molecule has 2 aromatic rings. The van der Waals surface area contributed by atoms with E-state index >= 15 is 0 Å². The highest BCUT2D eigenvalue weighted by molar-refractivity contribution is 7.89. The van der Waals surface area contributed by atoms with Crippen LogP contribution < -0.4 is 10.6 Å². The summed E-state index contributed by atoms with van der Waals surface area (Å²) in [6.45, 7) is 3.41. The van der Waals surface area contributed by atoms with E-state index in [1.54, 1.807) is 31.2 Å². The second-order valence-electron chi connectivity index (χ2n) is 7.86. The van der Waals surface area contributed by atoms with E-state index in [0.29, 0.717) is 43.7 Å². The molecular formula is C23H29N3O5S. The van der Waals surface area contributed by atoms with Gasteiger partial charge in [0, 0.05) is 37.3 Å². The lowest BCUT2D eigenvalue weighted by Gasteiger charge is -2.26. The number of piperidine rings is 1. The average molecular weight is 460 g/mol. The first kappa shape index (κ1) is 23.7. The van der Waals surface area contributed by atoms with Gasteiger partial charge in [0.05, 0.1) is 4.90 Å². The smallest absolute Gasteiger partial charge is 0.251 e. The van der Waals surface area contributed by atoms with Crippen LogP contribution in [0.3, 0.4) is 0 Å². The summed E-state index contributed by atoms with van der Waals surface area (Å²) >= 11 is 0. The van der Waals surface area contributed by atoms with Crippen molar-refractivity contribution < 1.29 is 23.1 Å². The zero-order valence-corrected chi connectivity index (χ0v) is 19.0. The number of benzene rings is 2. The number of phenolic OH excluding ortho intramolecular Hbond substituents is 1. The Bertz CT molecular complexity index is 1080. The van der Waals surface area contributed by atoms with Gasteiger partial charge in [0.1, 0.15) is 5.75 Å². The number of hydrogen-bond acceptors (Lipinski definition) is 5. The van der Waals surface area contributed by atoms with Crippen molar-refractivity contribution >= 4 is 21.8 Å². The zero-order valence-electron chi connectivity index (χ0n) is 18.1. The van der Waals surface area contributed by atoms with Crippen molar-refractivity contribution in [2.24, 2.45) is 0 Å². The lowest BCUT2D eigenvalue weighted by Crippen LogP contribution is -2.36. The summed E-state index contributed by atoms with van der Waals surface area (Å²) in [5, 5.41) is 14.9. The van der Waals surface area contributed by atoms with Crippen LogP contribution in [-0.4, -0.2) is 55.8 Å². The minimum atomic E-state index is -3.63. The Morgan fingerprint density at radius 2 is 1.56 bits per heavy atom. The average Bonchev–Trinajstić information content (AvgIpc) is 2.79. The Kier molecular flexibility index (Phi) is 7.87. The van der Waals surface area contributed by atoms with E-state index in [1.807, 2.05) is 0 Å². The highest BCUT2D eigenvalue weighted by Gasteiger charge is 2.28. The fourth-order valence-corrected chi connectivity index (χ4v) is 5.37. The number of hydrogen-bond donors (Lipinski definition) is 3. The number of aromatic hydroxyl groups is 1. The van der Waals surface area contributed by atoms with Gasteiger partial charge in [-0.3, -0.25) is 9.59 Å². The molecule has 0 spiro atoms. The number of nitrogens with one attached hydrogen (secondary N) is 2. The van der Waals surface area contributed by atoms with Crippen LogP contribution in [0.25, 0.3) is 0 Å². The summed E-state index contributed by atoms with van der Waals surface area (Å²) in [5.74, 6) is -0.651. The molecule has 0 saturated carbocycles. The quantitative estimate of drug-likeness (QED) is 0.525. The van der Waals surface area contributed by atoms with Gasteiger partial charge in [-0.05, 0) is 62.1 Å². The molecule has 0 unspecified atom stereocenters. The highest BCUT2D eigenvalue weighted by atomic mass is 32.2. The molecule has 32 heavy (non-hydrogen) atoms. The molecule has 1 fully saturated rings. The van der Waals surface area contributed by atoms with Crippen LogP contribution in [0.15, 0.2) is 47.4 Å². The number of aryl methyl sites for hydroxylation is 1. The Labute approximate surface area is 188 Å². The first-order chi connectivity index (χ1) is 15.3. The molecule has 0 aliphatic carbocycles. The first-order valence-electron chi connectivity index (χ1n) is 10.8. The maximum absolute atomic E-state index is 13.0. The molecule has 3 N–H and O–H groups in total. The largest absolute Gasteiger partial charge is 0.508 e. The normalized spacial score (nSPS) is 14.7. The van der Waals surface area contributed by atoms with Gasteiger partial charge in [0.15, 0.2) is 0 Å². The van der Waals surface area contributed by atoms with Crippen molar-refractivity contribution in [3.63, 3.8) is 0 Å². The van der Waals surface area contributed by atoms with E-state index in [1.165, 1.54) is 22.5 Å². The maximum atomic E-state index is 13.0. The van der Waals surface area contributed by atoms with Gasteiger partial charge >= 0.3 is 0 Å². The summed E-state index contributed by atoms with van der Waals surface area (Å²) in [4.78, 5) is 24.7. The third-order valence-electron chi connectivity index (χ3n) is 5.42. The molecule has 0 atom stereocenters. The zero-order chi connectivity index (χ0) is 23.1. The van der Waals surface area contributed by atoms with E-state index in [4.69, 9.17) is 0 Å². The lowest BCUT2D eigenvalue weighted by atomic mass is 10.1. The molecule has 0 bridgehead atoms. The molecule has 3 rings (SSSR count). The molecule has 0 aromatic heterocycles. The number of carbonyl (C=O) groups is 2. The molecule has 0 radical (unpaired) electrons. The van der Waals surface area contributed by atoms with Gasteiger partial charge in [0.25, 0.3) is 11.8 Å². The topological polar surface area (TPSA) is 116 Å². The molecule has 172 valence electrons. The fraction of sp³-hybridized carbons (Fsp3) is 0.391. The Morgan fingerprint density at radius 1 is 0.938 bits per heavy atom. The molecule has 1 saturated heterocycles. The third-order valence-corrected chi connectivity index (χ3v) is 7.46. The van der Waals surface area contributed by atoms with Gasteiger partial charge in [-0.25, -0.2) is 8.42 Å². The molecular weight excluding hydrogens is 430 g/mol. The summed E-state index contributed by atoms with van der Waals surface area (Å²) < 4.78 is 27.5. The van der Waals surface area contributed by atoms with Crippen molar-refractivity contribution in [2.45, 2.75) is 37.5 Å². The van der Waals surface area contributed by atoms with Gasteiger partial charge in [-0.1, -0.05) is 18.6 Å².